The van der Waals surface area contributed by atoms with Gasteiger partial charge in [-0.3, -0.25) is 9.69 Å². The summed E-state index contributed by atoms with van der Waals surface area (Å²) in [5.41, 5.74) is 4.00. The molecule has 2 heterocycles. The van der Waals surface area contributed by atoms with E-state index in [-0.39, 0.29) is 18.0 Å². The highest BCUT2D eigenvalue weighted by atomic mass is 16.5. The third-order valence-corrected chi connectivity index (χ3v) is 8.21. The number of carbonyl (C=O) groups is 2. The van der Waals surface area contributed by atoms with Crippen molar-refractivity contribution in [1.82, 2.24) is 20.0 Å². The van der Waals surface area contributed by atoms with Crippen LogP contribution in [0.3, 0.4) is 0 Å². The minimum Gasteiger partial charge on any atom is -0.460 e. The molecule has 2 aliphatic heterocycles. The molecule has 1 N–H and O–H groups in total. The van der Waals surface area contributed by atoms with E-state index in [0.717, 1.165) is 49.5 Å². The fourth-order valence-electron chi connectivity index (χ4n) is 5.44. The Balaban J connectivity index is 1.50. The highest BCUT2D eigenvalue weighted by Crippen LogP contribution is 2.27. The predicted octanol–water partition coefficient (Wildman–Crippen LogP) is 5.86. The smallest absolute Gasteiger partial charge is 0.325 e. The molecule has 0 spiro atoms. The molecule has 216 valence electrons. The second kappa shape index (κ2) is 14.4. The lowest BCUT2D eigenvalue weighted by Gasteiger charge is -2.27. The first-order valence-electron chi connectivity index (χ1n) is 15.0. The molecule has 2 fully saturated rings. The number of piperidine rings is 1. The lowest BCUT2D eigenvalue weighted by Crippen LogP contribution is -2.39. The highest BCUT2D eigenvalue weighted by Gasteiger charge is 2.35. The average molecular weight is 547 g/mol. The molecule has 1 aromatic rings. The number of hydrogen-bond donors (Lipinski definition) is 1. The van der Waals surface area contributed by atoms with E-state index in [9.17, 15) is 9.59 Å². The highest BCUT2D eigenvalue weighted by molar-refractivity contribution is 5.93. The maximum absolute atomic E-state index is 13.5. The number of allylic oxidation sites excluding steroid dienone is 5. The molecule has 7 nitrogen and oxygen atoms in total. The molecule has 7 heteroatoms. The molecule has 1 aromatic carbocycles. The minimum atomic E-state index is -0.302. The molecule has 0 bridgehead atoms. The number of aryl methyl sites for hydroxylation is 2. The van der Waals surface area contributed by atoms with Crippen molar-refractivity contribution in [2.75, 3.05) is 39.3 Å². The zero-order valence-electron chi connectivity index (χ0n) is 24.7. The Labute approximate surface area is 240 Å². The van der Waals surface area contributed by atoms with Crippen LogP contribution in [0.4, 0.5) is 4.79 Å². The molecule has 3 aliphatic rings. The van der Waals surface area contributed by atoms with Crippen molar-refractivity contribution in [3.63, 3.8) is 0 Å². The number of carbonyl (C=O) groups excluding carboxylic acids is 2. The van der Waals surface area contributed by atoms with Gasteiger partial charge < -0.3 is 19.9 Å². The molecule has 40 heavy (non-hydrogen) atoms. The summed E-state index contributed by atoms with van der Waals surface area (Å²) in [5, 5.41) is 3.10. The zero-order chi connectivity index (χ0) is 28.5. The Bertz CT molecular complexity index is 1180. The summed E-state index contributed by atoms with van der Waals surface area (Å²) in [6.45, 7) is 13.1. The first-order valence-corrected chi connectivity index (χ1v) is 15.0. The Kier molecular flexibility index (Phi) is 10.6. The average Bonchev–Trinajstić information content (AvgIpc) is 3.36. The summed E-state index contributed by atoms with van der Waals surface area (Å²) in [6.07, 6.45) is 16.4. The molecule has 3 amide bonds. The normalized spacial score (nSPS) is 19.6. The topological polar surface area (TPSA) is 65.1 Å². The number of nitrogens with zero attached hydrogens (tertiary/aromatic N) is 3. The van der Waals surface area contributed by atoms with Crippen LogP contribution in [-0.2, 0) is 4.79 Å². The molecule has 0 aromatic heterocycles. The number of urea groups is 1. The van der Waals surface area contributed by atoms with Gasteiger partial charge in [0.25, 0.3) is 0 Å². The Morgan fingerprint density at radius 3 is 2.55 bits per heavy atom. The molecular formula is C33H46N4O3. The Hall–Kier alpha value is -3.32. The van der Waals surface area contributed by atoms with Crippen molar-refractivity contribution >= 4 is 11.9 Å². The minimum absolute atomic E-state index is 0.0185. The van der Waals surface area contributed by atoms with Gasteiger partial charge in [-0.2, -0.15) is 0 Å². The van der Waals surface area contributed by atoms with Gasteiger partial charge in [0.1, 0.15) is 11.5 Å². The summed E-state index contributed by atoms with van der Waals surface area (Å²) in [4.78, 5) is 32.6. The number of nitrogens with one attached hydrogen (secondary N) is 1. The lowest BCUT2D eigenvalue weighted by molar-refractivity contribution is -0.117. The standard InChI is InChI=1S/C33H46N4O3/c1-5-28(32(38)34-18-21-35-19-10-7-11-20-35)15-17-31(40-30-16-14-25(2)26(3)24-30)27(4)36-22-23-37(33(36)39)29-12-8-6-9-13-29/h8,12-17,24,27H,5-7,9-11,18-23H2,1-4H3,(H,34,38)/b28-15+,31-17+. The predicted molar refractivity (Wildman–Crippen MR) is 161 cm³/mol. The van der Waals surface area contributed by atoms with Crippen LogP contribution in [0.5, 0.6) is 5.75 Å². The molecule has 1 aliphatic carbocycles. The molecule has 1 unspecified atom stereocenters. The van der Waals surface area contributed by atoms with E-state index in [1.807, 2.05) is 60.1 Å². The van der Waals surface area contributed by atoms with Crippen LogP contribution in [0.25, 0.3) is 0 Å². The van der Waals surface area contributed by atoms with Crippen molar-refractivity contribution < 1.29 is 14.3 Å². The van der Waals surface area contributed by atoms with Gasteiger partial charge in [0, 0.05) is 37.4 Å². The zero-order valence-corrected chi connectivity index (χ0v) is 24.7. The van der Waals surface area contributed by atoms with Gasteiger partial charge >= 0.3 is 6.03 Å². The van der Waals surface area contributed by atoms with Crippen molar-refractivity contribution in [2.24, 2.45) is 0 Å². The number of likely N-dealkylation sites (tertiary alicyclic amines) is 1. The van der Waals surface area contributed by atoms with Crippen molar-refractivity contribution in [3.8, 4) is 5.75 Å². The van der Waals surface area contributed by atoms with Gasteiger partial charge in [0.05, 0.1) is 6.04 Å². The largest absolute Gasteiger partial charge is 0.460 e. The molecule has 2 saturated heterocycles. The van der Waals surface area contributed by atoms with Crippen molar-refractivity contribution in [3.05, 3.63) is 76.7 Å². The lowest BCUT2D eigenvalue weighted by atomic mass is 10.1. The van der Waals surface area contributed by atoms with E-state index in [4.69, 9.17) is 4.74 Å². The summed E-state index contributed by atoms with van der Waals surface area (Å²) >= 11 is 0. The summed E-state index contributed by atoms with van der Waals surface area (Å²) in [6, 6.07) is 5.69. The third kappa shape index (κ3) is 7.66. The fraction of sp³-hybridized carbons (Fsp3) is 0.515. The SMILES string of the molecule is CC/C(=C\C=C(\Oc1ccc(C)c(C)c1)C(C)N1CCN(C2=CCCC=C2)C1=O)C(=O)NCCN1CCCCC1. The van der Waals surface area contributed by atoms with Crippen LogP contribution in [0.2, 0.25) is 0 Å². The maximum Gasteiger partial charge on any atom is 0.325 e. The van der Waals surface area contributed by atoms with Gasteiger partial charge in [-0.25, -0.2) is 4.79 Å². The van der Waals surface area contributed by atoms with E-state index in [0.29, 0.717) is 37.4 Å². The number of hydrogen-bond acceptors (Lipinski definition) is 4. The van der Waals surface area contributed by atoms with Gasteiger partial charge in [-0.15, -0.1) is 0 Å². The molecule has 4 rings (SSSR count). The van der Waals surface area contributed by atoms with Crippen LogP contribution in [0.1, 0.15) is 63.5 Å². The molecule has 0 radical (unpaired) electrons. The van der Waals surface area contributed by atoms with Crippen LogP contribution < -0.4 is 10.1 Å². The van der Waals surface area contributed by atoms with E-state index < -0.39 is 0 Å². The van der Waals surface area contributed by atoms with Gasteiger partial charge in [0.2, 0.25) is 5.91 Å². The maximum atomic E-state index is 13.5. The Morgan fingerprint density at radius 2 is 1.85 bits per heavy atom. The quantitative estimate of drug-likeness (QED) is 0.214. The van der Waals surface area contributed by atoms with E-state index in [2.05, 4.69) is 36.2 Å². The summed E-state index contributed by atoms with van der Waals surface area (Å²) < 4.78 is 6.43. The van der Waals surface area contributed by atoms with E-state index in [1.165, 1.54) is 24.8 Å². The van der Waals surface area contributed by atoms with Crippen molar-refractivity contribution in [2.45, 2.75) is 72.3 Å². The molecular weight excluding hydrogens is 500 g/mol. The molecule has 0 saturated carbocycles. The van der Waals surface area contributed by atoms with E-state index >= 15 is 0 Å². The van der Waals surface area contributed by atoms with Gasteiger partial charge in [-0.05, 0) is 101 Å². The van der Waals surface area contributed by atoms with Crippen LogP contribution >= 0.6 is 0 Å². The van der Waals surface area contributed by atoms with Gasteiger partial charge in [-0.1, -0.05) is 37.6 Å². The Morgan fingerprint density at radius 1 is 1.05 bits per heavy atom. The number of rotatable bonds is 11. The second-order valence-electron chi connectivity index (χ2n) is 11.0. The molecule has 1 atom stereocenters. The van der Waals surface area contributed by atoms with Crippen LogP contribution in [-0.4, -0.2) is 71.9 Å². The summed E-state index contributed by atoms with van der Waals surface area (Å²) in [5.74, 6) is 1.31. The van der Waals surface area contributed by atoms with Gasteiger partial charge in [0.15, 0.2) is 0 Å². The third-order valence-electron chi connectivity index (χ3n) is 8.21. The fourth-order valence-corrected chi connectivity index (χ4v) is 5.44. The van der Waals surface area contributed by atoms with Crippen LogP contribution in [0, 0.1) is 13.8 Å². The number of benzene rings is 1. The number of amides is 3. The van der Waals surface area contributed by atoms with Crippen molar-refractivity contribution in [1.29, 1.82) is 0 Å². The summed E-state index contributed by atoms with van der Waals surface area (Å²) in [7, 11) is 0. The van der Waals surface area contributed by atoms with E-state index in [1.54, 1.807) is 0 Å². The number of ether oxygens (including phenoxy) is 1. The van der Waals surface area contributed by atoms with Crippen LogP contribution in [0.15, 0.2) is 65.6 Å². The first-order chi connectivity index (χ1) is 19.4. The monoisotopic (exact) mass is 546 g/mol. The second-order valence-corrected chi connectivity index (χ2v) is 11.0. The first kappa shape index (κ1) is 29.7.